The summed E-state index contributed by atoms with van der Waals surface area (Å²) in [5.41, 5.74) is 5.81. The lowest BCUT2D eigenvalue weighted by Gasteiger charge is -2.16. The average Bonchev–Trinajstić information content (AvgIpc) is 2.12. The smallest absolute Gasteiger partial charge is 0.00997 e. The molecule has 47 valence electrons. The zero-order chi connectivity index (χ0) is 6.20. The summed E-state index contributed by atoms with van der Waals surface area (Å²) < 4.78 is 0. The van der Waals surface area contributed by atoms with Gasteiger partial charge >= 0.3 is 0 Å². The van der Waals surface area contributed by atoms with Crippen LogP contribution in [0.2, 0.25) is 0 Å². The van der Waals surface area contributed by atoms with E-state index in [4.69, 9.17) is 5.73 Å². The van der Waals surface area contributed by atoms with Gasteiger partial charge in [-0.05, 0) is 39.0 Å². The SMILES string of the molecule is CC(C)(N)CC1[CH]C1. The van der Waals surface area contributed by atoms with E-state index in [2.05, 4.69) is 20.3 Å². The minimum Gasteiger partial charge on any atom is -0.326 e. The highest BCUT2D eigenvalue weighted by atomic mass is 14.7. The van der Waals surface area contributed by atoms with Crippen molar-refractivity contribution in [1.82, 2.24) is 0 Å². The predicted molar refractivity (Wildman–Crippen MR) is 35.3 cm³/mol. The van der Waals surface area contributed by atoms with Crippen molar-refractivity contribution < 1.29 is 0 Å². The molecular weight excluding hydrogens is 98.1 g/mol. The second-order valence-corrected chi connectivity index (χ2v) is 3.42. The van der Waals surface area contributed by atoms with Crippen LogP contribution in [0.15, 0.2) is 0 Å². The first-order valence-electron chi connectivity index (χ1n) is 3.20. The fraction of sp³-hybridized carbons (Fsp3) is 0.857. The minimum absolute atomic E-state index is 0.0532. The third-order valence-electron chi connectivity index (χ3n) is 1.36. The fourth-order valence-corrected chi connectivity index (χ4v) is 0.939. The molecule has 0 aliphatic heterocycles. The van der Waals surface area contributed by atoms with Gasteiger partial charge in [0.25, 0.3) is 0 Å². The van der Waals surface area contributed by atoms with Crippen LogP contribution in [0, 0.1) is 12.3 Å². The Labute approximate surface area is 51.3 Å². The molecule has 2 N–H and O–H groups in total. The lowest BCUT2D eigenvalue weighted by atomic mass is 9.99. The quantitative estimate of drug-likeness (QED) is 0.573. The molecule has 0 aromatic rings. The van der Waals surface area contributed by atoms with Gasteiger partial charge in [-0.25, -0.2) is 0 Å². The zero-order valence-electron chi connectivity index (χ0n) is 5.65. The molecule has 1 aliphatic rings. The van der Waals surface area contributed by atoms with E-state index < -0.39 is 0 Å². The molecule has 0 heterocycles. The van der Waals surface area contributed by atoms with Crippen LogP contribution in [0.5, 0.6) is 0 Å². The Morgan fingerprint density at radius 3 is 2.38 bits per heavy atom. The molecule has 1 unspecified atom stereocenters. The molecule has 8 heavy (non-hydrogen) atoms. The summed E-state index contributed by atoms with van der Waals surface area (Å²) in [6.45, 7) is 4.16. The summed E-state index contributed by atoms with van der Waals surface area (Å²) in [4.78, 5) is 0. The monoisotopic (exact) mass is 112 g/mol. The molecule has 1 fully saturated rings. The first-order valence-corrected chi connectivity index (χ1v) is 3.20. The van der Waals surface area contributed by atoms with Crippen molar-refractivity contribution in [2.24, 2.45) is 11.7 Å². The van der Waals surface area contributed by atoms with E-state index in [9.17, 15) is 0 Å². The summed E-state index contributed by atoms with van der Waals surface area (Å²) in [6.07, 6.45) is 4.77. The zero-order valence-corrected chi connectivity index (χ0v) is 5.65. The molecule has 0 spiro atoms. The highest BCUT2D eigenvalue weighted by Gasteiger charge is 2.27. The highest BCUT2D eigenvalue weighted by molar-refractivity contribution is 4.98. The summed E-state index contributed by atoms with van der Waals surface area (Å²) in [6, 6.07) is 0. The van der Waals surface area contributed by atoms with Crippen molar-refractivity contribution in [3.63, 3.8) is 0 Å². The Morgan fingerprint density at radius 1 is 1.75 bits per heavy atom. The van der Waals surface area contributed by atoms with Crippen molar-refractivity contribution in [1.29, 1.82) is 0 Å². The van der Waals surface area contributed by atoms with E-state index in [0.29, 0.717) is 0 Å². The Bertz CT molecular complexity index is 76.9. The van der Waals surface area contributed by atoms with Crippen LogP contribution in [-0.2, 0) is 0 Å². The lowest BCUT2D eigenvalue weighted by molar-refractivity contribution is 0.453. The number of rotatable bonds is 2. The van der Waals surface area contributed by atoms with Crippen LogP contribution in [0.25, 0.3) is 0 Å². The van der Waals surface area contributed by atoms with Gasteiger partial charge in [-0.3, -0.25) is 0 Å². The largest absolute Gasteiger partial charge is 0.326 e. The third kappa shape index (κ3) is 2.31. The van der Waals surface area contributed by atoms with Crippen LogP contribution in [-0.4, -0.2) is 5.54 Å². The van der Waals surface area contributed by atoms with Crippen LogP contribution in [0.3, 0.4) is 0 Å². The third-order valence-corrected chi connectivity index (χ3v) is 1.36. The summed E-state index contributed by atoms with van der Waals surface area (Å²) in [7, 11) is 0. The molecule has 1 atom stereocenters. The van der Waals surface area contributed by atoms with Crippen LogP contribution in [0.4, 0.5) is 0 Å². The van der Waals surface area contributed by atoms with E-state index in [0.717, 1.165) is 12.3 Å². The van der Waals surface area contributed by atoms with Crippen molar-refractivity contribution in [2.75, 3.05) is 0 Å². The van der Waals surface area contributed by atoms with Gasteiger partial charge in [0.1, 0.15) is 0 Å². The highest BCUT2D eigenvalue weighted by Crippen LogP contribution is 2.34. The van der Waals surface area contributed by atoms with Gasteiger partial charge in [-0.1, -0.05) is 0 Å². The summed E-state index contributed by atoms with van der Waals surface area (Å²) >= 11 is 0. The predicted octanol–water partition coefficient (Wildman–Crippen LogP) is 1.34. The maximum Gasteiger partial charge on any atom is 0.00997 e. The topological polar surface area (TPSA) is 26.0 Å². The molecule has 1 rings (SSSR count). The molecule has 0 amide bonds. The van der Waals surface area contributed by atoms with Crippen LogP contribution < -0.4 is 5.73 Å². The minimum atomic E-state index is 0.0532. The standard InChI is InChI=1S/C7H14N/c1-7(2,8)5-6-3-4-6/h3,6H,4-5,8H2,1-2H3. The van der Waals surface area contributed by atoms with Crippen molar-refractivity contribution in [3.8, 4) is 0 Å². The summed E-state index contributed by atoms with van der Waals surface area (Å²) in [5.74, 6) is 0.843. The van der Waals surface area contributed by atoms with Crippen LogP contribution in [0.1, 0.15) is 26.7 Å². The van der Waals surface area contributed by atoms with Crippen molar-refractivity contribution in [3.05, 3.63) is 6.42 Å². The maximum absolute atomic E-state index is 5.76. The second kappa shape index (κ2) is 1.73. The molecule has 0 bridgehead atoms. The molecule has 1 nitrogen and oxygen atoms in total. The number of nitrogens with two attached hydrogens (primary N) is 1. The van der Waals surface area contributed by atoms with Gasteiger partial charge in [-0.2, -0.15) is 0 Å². The Morgan fingerprint density at radius 2 is 2.25 bits per heavy atom. The average molecular weight is 112 g/mol. The molecule has 1 saturated carbocycles. The van der Waals surface area contributed by atoms with Crippen LogP contribution >= 0.6 is 0 Å². The molecule has 0 saturated heterocycles. The van der Waals surface area contributed by atoms with E-state index >= 15 is 0 Å². The van der Waals surface area contributed by atoms with E-state index in [1.807, 2.05) is 0 Å². The fourth-order valence-electron chi connectivity index (χ4n) is 0.939. The summed E-state index contributed by atoms with van der Waals surface area (Å²) in [5, 5.41) is 0. The lowest BCUT2D eigenvalue weighted by Crippen LogP contribution is -2.32. The number of hydrogen-bond acceptors (Lipinski definition) is 1. The molecule has 0 aromatic carbocycles. The van der Waals surface area contributed by atoms with Gasteiger partial charge < -0.3 is 5.73 Å². The van der Waals surface area contributed by atoms with Gasteiger partial charge in [-0.15, -0.1) is 0 Å². The Balaban J connectivity index is 2.16. The molecule has 0 aromatic heterocycles. The molecule has 1 heteroatoms. The normalized spacial score (nSPS) is 21.4. The van der Waals surface area contributed by atoms with E-state index in [1.165, 1.54) is 6.42 Å². The van der Waals surface area contributed by atoms with Crippen molar-refractivity contribution in [2.45, 2.75) is 32.2 Å². The second-order valence-electron chi connectivity index (χ2n) is 3.42. The van der Waals surface area contributed by atoms with Gasteiger partial charge in [0.05, 0.1) is 0 Å². The van der Waals surface area contributed by atoms with Gasteiger partial charge in [0.15, 0.2) is 0 Å². The molecule has 1 aliphatic carbocycles. The van der Waals surface area contributed by atoms with Crippen molar-refractivity contribution >= 4 is 0 Å². The Hall–Kier alpha value is -0.0400. The first-order chi connectivity index (χ1) is 3.58. The van der Waals surface area contributed by atoms with E-state index in [-0.39, 0.29) is 5.54 Å². The molecular formula is C7H14N. The van der Waals surface area contributed by atoms with Gasteiger partial charge in [0, 0.05) is 5.54 Å². The van der Waals surface area contributed by atoms with Gasteiger partial charge in [0.2, 0.25) is 0 Å². The maximum atomic E-state index is 5.76. The first kappa shape index (κ1) is 6.09. The number of hydrogen-bond donors (Lipinski definition) is 1. The molecule has 1 radical (unpaired) electrons. The van der Waals surface area contributed by atoms with E-state index in [1.54, 1.807) is 0 Å². The Kier molecular flexibility index (Phi) is 1.31.